The first kappa shape index (κ1) is 15.2. The molecule has 6 nitrogen and oxygen atoms in total. The highest BCUT2D eigenvalue weighted by Crippen LogP contribution is 2.20. The van der Waals surface area contributed by atoms with Gasteiger partial charge in [0, 0.05) is 17.6 Å². The Morgan fingerprint density at radius 1 is 1.45 bits per heavy atom. The highest BCUT2D eigenvalue weighted by molar-refractivity contribution is 9.10. The maximum absolute atomic E-state index is 11.2. The van der Waals surface area contributed by atoms with Crippen LogP contribution in [0.3, 0.4) is 0 Å². The number of nitrogens with zero attached hydrogens (tertiary/aromatic N) is 4. The van der Waals surface area contributed by atoms with Gasteiger partial charge in [0.25, 0.3) is 0 Å². The van der Waals surface area contributed by atoms with Gasteiger partial charge in [-0.25, -0.2) is 4.68 Å². The van der Waals surface area contributed by atoms with Gasteiger partial charge in [0.2, 0.25) is 0 Å². The lowest BCUT2D eigenvalue weighted by Gasteiger charge is -2.30. The van der Waals surface area contributed by atoms with Crippen molar-refractivity contribution in [3.05, 3.63) is 40.6 Å². The van der Waals surface area contributed by atoms with Gasteiger partial charge in [-0.1, -0.05) is 27.2 Å². The number of hydrogen-bond donors (Lipinski definition) is 1. The number of rotatable bonds is 4. The van der Waals surface area contributed by atoms with E-state index in [2.05, 4.69) is 31.1 Å². The summed E-state index contributed by atoms with van der Waals surface area (Å²) >= 11 is 3.46. The first-order chi connectivity index (χ1) is 10.6. The molecule has 7 heteroatoms. The lowest BCUT2D eigenvalue weighted by Crippen LogP contribution is -2.38. The van der Waals surface area contributed by atoms with Crippen molar-refractivity contribution in [1.29, 1.82) is 0 Å². The Morgan fingerprint density at radius 3 is 3.09 bits per heavy atom. The average Bonchev–Trinajstić information content (AvgIpc) is 2.95. The van der Waals surface area contributed by atoms with E-state index < -0.39 is 5.97 Å². The fourth-order valence-electron chi connectivity index (χ4n) is 2.82. The van der Waals surface area contributed by atoms with Crippen molar-refractivity contribution >= 4 is 21.9 Å². The molecule has 1 saturated heterocycles. The molecule has 1 aliphatic rings. The number of benzene rings is 1. The van der Waals surface area contributed by atoms with Crippen molar-refractivity contribution in [3.63, 3.8) is 0 Å². The Balaban J connectivity index is 1.76. The van der Waals surface area contributed by atoms with Gasteiger partial charge < -0.3 is 5.11 Å². The summed E-state index contributed by atoms with van der Waals surface area (Å²) in [5, 5.41) is 17.3. The maximum Gasteiger partial charge on any atom is 0.307 e. The van der Waals surface area contributed by atoms with Crippen LogP contribution in [0.5, 0.6) is 0 Å². The molecule has 2 heterocycles. The summed E-state index contributed by atoms with van der Waals surface area (Å²) in [6, 6.07) is 7.86. The Kier molecular flexibility index (Phi) is 4.54. The summed E-state index contributed by atoms with van der Waals surface area (Å²) in [6.07, 6.45) is 3.41. The van der Waals surface area contributed by atoms with E-state index in [1.807, 2.05) is 24.3 Å². The lowest BCUT2D eigenvalue weighted by atomic mass is 9.98. The Labute approximate surface area is 136 Å². The number of carbonyl (C=O) groups is 1. The normalized spacial score (nSPS) is 19.2. The molecule has 1 N–H and O–H groups in total. The number of piperidine rings is 1. The van der Waals surface area contributed by atoms with Crippen molar-refractivity contribution < 1.29 is 9.90 Å². The number of aliphatic carboxylic acids is 1. The molecule has 2 aromatic rings. The minimum Gasteiger partial charge on any atom is -0.481 e. The summed E-state index contributed by atoms with van der Waals surface area (Å²) in [7, 11) is 0. The van der Waals surface area contributed by atoms with E-state index in [0.717, 1.165) is 35.2 Å². The molecule has 1 unspecified atom stereocenters. The second-order valence-corrected chi connectivity index (χ2v) is 6.45. The van der Waals surface area contributed by atoms with Gasteiger partial charge in [0.1, 0.15) is 0 Å². The fraction of sp³-hybridized carbons (Fsp3) is 0.400. The lowest BCUT2D eigenvalue weighted by molar-refractivity contribution is -0.143. The number of aromatic nitrogens is 3. The quantitative estimate of drug-likeness (QED) is 0.901. The van der Waals surface area contributed by atoms with Gasteiger partial charge in [-0.2, -0.15) is 0 Å². The molecule has 1 aliphatic heterocycles. The third-order valence-electron chi connectivity index (χ3n) is 3.91. The van der Waals surface area contributed by atoms with Crippen molar-refractivity contribution in [2.75, 3.05) is 13.1 Å². The molecular formula is C15H17BrN4O2. The molecule has 116 valence electrons. The van der Waals surface area contributed by atoms with Crippen molar-refractivity contribution in [2.24, 2.45) is 5.92 Å². The minimum atomic E-state index is -0.705. The predicted octanol–water partition coefficient (Wildman–Crippen LogP) is 2.33. The van der Waals surface area contributed by atoms with Gasteiger partial charge in [-0.3, -0.25) is 9.69 Å². The molecular weight excluding hydrogens is 348 g/mol. The molecule has 0 amide bonds. The molecule has 0 aliphatic carbocycles. The summed E-state index contributed by atoms with van der Waals surface area (Å²) < 4.78 is 2.78. The second kappa shape index (κ2) is 6.58. The maximum atomic E-state index is 11.2. The zero-order chi connectivity index (χ0) is 15.5. The molecule has 1 aromatic heterocycles. The van der Waals surface area contributed by atoms with Crippen LogP contribution < -0.4 is 0 Å². The summed E-state index contributed by atoms with van der Waals surface area (Å²) in [4.78, 5) is 13.3. The molecule has 0 radical (unpaired) electrons. The van der Waals surface area contributed by atoms with E-state index in [-0.39, 0.29) is 5.92 Å². The molecule has 1 atom stereocenters. The van der Waals surface area contributed by atoms with Gasteiger partial charge in [0.15, 0.2) is 0 Å². The Hall–Kier alpha value is -1.73. The van der Waals surface area contributed by atoms with Gasteiger partial charge >= 0.3 is 5.97 Å². The zero-order valence-corrected chi connectivity index (χ0v) is 13.6. The molecule has 0 saturated carbocycles. The minimum absolute atomic E-state index is 0.274. The summed E-state index contributed by atoms with van der Waals surface area (Å²) in [6.45, 7) is 2.15. The molecule has 0 bridgehead atoms. The van der Waals surface area contributed by atoms with Crippen LogP contribution in [0, 0.1) is 5.92 Å². The molecule has 22 heavy (non-hydrogen) atoms. The standard InChI is InChI=1S/C15H17BrN4O2/c16-12-4-1-5-13(7-12)20-14(8-17-18-20)10-19-6-2-3-11(9-19)15(21)22/h1,4-5,7-8,11H,2-3,6,9-10H2,(H,21,22). The van der Waals surface area contributed by atoms with E-state index in [9.17, 15) is 9.90 Å². The Morgan fingerprint density at radius 2 is 2.32 bits per heavy atom. The van der Waals surface area contributed by atoms with E-state index in [1.165, 1.54) is 0 Å². The van der Waals surface area contributed by atoms with Gasteiger partial charge in [-0.15, -0.1) is 5.10 Å². The van der Waals surface area contributed by atoms with Crippen LogP contribution in [0.2, 0.25) is 0 Å². The number of hydrogen-bond acceptors (Lipinski definition) is 4. The highest BCUT2D eigenvalue weighted by Gasteiger charge is 2.26. The van der Waals surface area contributed by atoms with Crippen LogP contribution in [0.15, 0.2) is 34.9 Å². The topological polar surface area (TPSA) is 71.2 Å². The van der Waals surface area contributed by atoms with Crippen molar-refractivity contribution in [3.8, 4) is 5.69 Å². The first-order valence-electron chi connectivity index (χ1n) is 7.24. The third-order valence-corrected chi connectivity index (χ3v) is 4.41. The van der Waals surface area contributed by atoms with Crippen LogP contribution in [0.4, 0.5) is 0 Å². The number of halogens is 1. The third kappa shape index (κ3) is 3.36. The highest BCUT2D eigenvalue weighted by atomic mass is 79.9. The zero-order valence-electron chi connectivity index (χ0n) is 12.0. The SMILES string of the molecule is O=C(O)C1CCCN(Cc2cnnn2-c2cccc(Br)c2)C1. The van der Waals surface area contributed by atoms with E-state index in [0.29, 0.717) is 13.1 Å². The van der Waals surface area contributed by atoms with Crippen LogP contribution in [-0.2, 0) is 11.3 Å². The number of carboxylic acid groups (broad SMARTS) is 1. The average molecular weight is 365 g/mol. The van der Waals surface area contributed by atoms with Crippen LogP contribution in [-0.4, -0.2) is 44.1 Å². The molecule has 1 fully saturated rings. The second-order valence-electron chi connectivity index (χ2n) is 5.53. The van der Waals surface area contributed by atoms with Crippen LogP contribution >= 0.6 is 15.9 Å². The largest absolute Gasteiger partial charge is 0.481 e. The van der Waals surface area contributed by atoms with E-state index >= 15 is 0 Å². The van der Waals surface area contributed by atoms with Crippen LogP contribution in [0.1, 0.15) is 18.5 Å². The van der Waals surface area contributed by atoms with Crippen LogP contribution in [0.25, 0.3) is 5.69 Å². The predicted molar refractivity (Wildman–Crippen MR) is 84.7 cm³/mol. The number of likely N-dealkylation sites (tertiary alicyclic amines) is 1. The molecule has 3 rings (SSSR count). The first-order valence-corrected chi connectivity index (χ1v) is 8.03. The molecule has 0 spiro atoms. The van der Waals surface area contributed by atoms with Crippen molar-refractivity contribution in [2.45, 2.75) is 19.4 Å². The number of carboxylic acids is 1. The van der Waals surface area contributed by atoms with Gasteiger partial charge in [-0.05, 0) is 37.6 Å². The summed E-state index contributed by atoms with van der Waals surface area (Å²) in [5.74, 6) is -0.979. The fourth-order valence-corrected chi connectivity index (χ4v) is 3.21. The molecule has 1 aromatic carbocycles. The monoisotopic (exact) mass is 364 g/mol. The smallest absolute Gasteiger partial charge is 0.307 e. The van der Waals surface area contributed by atoms with Gasteiger partial charge in [0.05, 0.1) is 23.5 Å². The van der Waals surface area contributed by atoms with E-state index in [1.54, 1.807) is 10.9 Å². The Bertz CT molecular complexity index is 673. The van der Waals surface area contributed by atoms with E-state index in [4.69, 9.17) is 0 Å². The summed E-state index contributed by atoms with van der Waals surface area (Å²) in [5.41, 5.74) is 1.90. The van der Waals surface area contributed by atoms with Crippen molar-refractivity contribution in [1.82, 2.24) is 19.9 Å².